The minimum Gasteiger partial charge on any atom is -0.465 e. The van der Waals surface area contributed by atoms with Gasteiger partial charge in [-0.2, -0.15) is 0 Å². The van der Waals surface area contributed by atoms with Gasteiger partial charge in [0.25, 0.3) is 5.91 Å². The third kappa shape index (κ3) is 23.8. The summed E-state index contributed by atoms with van der Waals surface area (Å²) in [5, 5.41) is 15.1. The summed E-state index contributed by atoms with van der Waals surface area (Å²) in [7, 11) is 5.71. The smallest absolute Gasteiger partial charge is 0.356 e. The molecule has 0 radical (unpaired) electrons. The number of thiazole rings is 1. The van der Waals surface area contributed by atoms with E-state index in [1.807, 2.05) is 92.6 Å². The number of rotatable bonds is 20. The third-order valence-corrected chi connectivity index (χ3v) is 10.5. The van der Waals surface area contributed by atoms with Crippen LogP contribution in [0.1, 0.15) is 116 Å². The van der Waals surface area contributed by atoms with Gasteiger partial charge in [-0.05, 0) is 67.3 Å². The fraction of sp³-hybridized carbons (Fsp3) is 0.434. The first-order valence-electron chi connectivity index (χ1n) is 23.8. The summed E-state index contributed by atoms with van der Waals surface area (Å²) >= 11 is 1.24. The highest BCUT2D eigenvalue weighted by atomic mass is 32.1. The maximum absolute atomic E-state index is 13.0. The minimum absolute atomic E-state index is 0.271. The maximum atomic E-state index is 13.0. The van der Waals surface area contributed by atoms with Crippen molar-refractivity contribution >= 4 is 58.5 Å². The van der Waals surface area contributed by atoms with Crippen molar-refractivity contribution in [1.82, 2.24) is 35.1 Å². The van der Waals surface area contributed by atoms with Gasteiger partial charge in [0, 0.05) is 98.2 Å². The summed E-state index contributed by atoms with van der Waals surface area (Å²) in [5.74, 6) is 1.01. The summed E-state index contributed by atoms with van der Waals surface area (Å²) in [6.07, 6.45) is 5.41. The number of allylic oxidation sites excluding steroid dienone is 3. The van der Waals surface area contributed by atoms with Crippen molar-refractivity contribution in [2.45, 2.75) is 88.2 Å². The van der Waals surface area contributed by atoms with Crippen molar-refractivity contribution in [3.05, 3.63) is 130 Å². The highest BCUT2D eigenvalue weighted by molar-refractivity contribution is 7.17. The average Bonchev–Trinajstić information content (AvgIpc) is 3.87. The third-order valence-electron chi connectivity index (χ3n) is 9.63. The van der Waals surface area contributed by atoms with Gasteiger partial charge in [0.1, 0.15) is 34.9 Å². The molecular weight excluding hydrogens is 923 g/mol. The number of ether oxygens (including phenoxy) is 1. The van der Waals surface area contributed by atoms with E-state index in [9.17, 15) is 24.0 Å². The van der Waals surface area contributed by atoms with E-state index in [1.54, 1.807) is 50.6 Å². The molecule has 3 N–H and O–H groups in total. The number of carbonyl (C=O) groups excluding carboxylic acids is 5. The second-order valence-electron chi connectivity index (χ2n) is 14.8. The Morgan fingerprint density at radius 3 is 1.82 bits per heavy atom. The Hall–Kier alpha value is -6.44. The van der Waals surface area contributed by atoms with Gasteiger partial charge in [0.15, 0.2) is 5.13 Å². The fourth-order valence-corrected chi connectivity index (χ4v) is 7.04. The Bertz CT molecular complexity index is 2230. The number of esters is 1. The van der Waals surface area contributed by atoms with Gasteiger partial charge in [-0.15, -0.1) is 5.06 Å². The number of piperazine rings is 1. The molecule has 3 heterocycles. The van der Waals surface area contributed by atoms with Crippen molar-refractivity contribution in [2.75, 3.05) is 77.8 Å². The summed E-state index contributed by atoms with van der Waals surface area (Å²) in [6, 6.07) is 16.9. The quantitative estimate of drug-likeness (QED) is 0.0249. The first-order chi connectivity index (χ1) is 34.2. The summed E-state index contributed by atoms with van der Waals surface area (Å²) in [6.45, 7) is 31.6. The number of hydrogen-bond acceptors (Lipinski definition) is 17. The van der Waals surface area contributed by atoms with Crippen LogP contribution in [-0.4, -0.2) is 133 Å². The van der Waals surface area contributed by atoms with Crippen LogP contribution < -0.4 is 15.5 Å². The average molecular weight is 1000 g/mol. The molecule has 1 aliphatic rings. The topological polar surface area (TPSA) is 200 Å². The second-order valence-corrected chi connectivity index (χ2v) is 15.9. The van der Waals surface area contributed by atoms with Crippen LogP contribution in [0, 0.1) is 6.92 Å². The van der Waals surface area contributed by atoms with Crippen LogP contribution >= 0.6 is 11.3 Å². The van der Waals surface area contributed by atoms with Crippen molar-refractivity contribution in [3.63, 3.8) is 0 Å². The number of amides is 1. The number of hydroxylamine groups is 2. The van der Waals surface area contributed by atoms with E-state index in [1.165, 1.54) is 23.5 Å². The number of nitrogens with zero attached hydrogens (tertiary/aromatic N) is 7. The number of anilines is 3. The molecule has 18 heteroatoms. The molecule has 2 aromatic heterocycles. The second kappa shape index (κ2) is 37.4. The molecule has 0 unspecified atom stereocenters. The molecular formula is C53H79N9O8S. The Morgan fingerprint density at radius 1 is 0.831 bits per heavy atom. The number of hydrogen-bond donors (Lipinski definition) is 3. The lowest BCUT2D eigenvalue weighted by Gasteiger charge is -2.36. The van der Waals surface area contributed by atoms with E-state index in [0.29, 0.717) is 64.4 Å². The van der Waals surface area contributed by atoms with Gasteiger partial charge in [-0.3, -0.25) is 14.6 Å². The molecule has 0 spiro atoms. The number of methoxy groups -OCH3 is 1. The van der Waals surface area contributed by atoms with Crippen LogP contribution in [0.2, 0.25) is 0 Å². The lowest BCUT2D eigenvalue weighted by molar-refractivity contribution is -0.112. The lowest BCUT2D eigenvalue weighted by Crippen LogP contribution is -2.48. The molecule has 1 amide bonds. The van der Waals surface area contributed by atoms with Crippen LogP contribution in [0.5, 0.6) is 0 Å². The SMILES string of the molecule is C=C/C(C)=C(/NC(=O)c1cnc(Nc2cc(N3CCN(CCN(Cc4ccc(C(=O)OC)cc4)Cc4ccc(C(=O)ON(C)C)cc4)CC3)nc(C)n2)s1)C(=C)C.CC.CC.CC.CO.O=CCCC=O. The molecule has 390 valence electrons. The van der Waals surface area contributed by atoms with E-state index in [-0.39, 0.29) is 11.9 Å². The highest BCUT2D eigenvalue weighted by Crippen LogP contribution is 2.25. The monoisotopic (exact) mass is 1000 g/mol. The Kier molecular flexibility index (Phi) is 34.0. The molecule has 0 bridgehead atoms. The van der Waals surface area contributed by atoms with E-state index in [4.69, 9.17) is 19.7 Å². The fourth-order valence-electron chi connectivity index (χ4n) is 6.32. The van der Waals surface area contributed by atoms with Gasteiger partial charge in [-0.25, -0.2) is 24.5 Å². The highest BCUT2D eigenvalue weighted by Gasteiger charge is 2.21. The number of unbranched alkanes of at least 4 members (excludes halogenated alkanes) is 1. The first-order valence-corrected chi connectivity index (χ1v) is 24.6. The van der Waals surface area contributed by atoms with Crippen molar-refractivity contribution in [2.24, 2.45) is 0 Å². The first kappa shape index (κ1) is 64.6. The molecule has 4 aromatic rings. The molecule has 0 atom stereocenters. The largest absolute Gasteiger partial charge is 0.465 e. The standard InChI is InChI=1S/C42H51N9O5S.C4H6O2.3C2H6.CH4O/c1-9-29(4)38(28(2)3)47-39(52)35-25-43-42(57-35)46-36-24-37(45-30(5)44-36)51-22-20-49(21-23-51)18-19-50(26-31-10-14-33(15-11-31)40(53)55-8)27-32-12-16-34(17-13-32)41(54)56-48(6)7;5-3-1-2-4-6;4*1-2/h9-17,24-25H,1-2,18-23,26-27H2,3-8H3,(H,47,52)(H,43,44,45,46);3-4H,1-2H2;3*1-2H3;2H,1H3/b38-29+;;;;;. The molecule has 71 heavy (non-hydrogen) atoms. The van der Waals surface area contributed by atoms with Gasteiger partial charge < -0.3 is 39.8 Å². The van der Waals surface area contributed by atoms with Gasteiger partial charge in [-0.1, -0.05) is 96.4 Å². The molecule has 17 nitrogen and oxygen atoms in total. The van der Waals surface area contributed by atoms with E-state index >= 15 is 0 Å². The van der Waals surface area contributed by atoms with E-state index in [2.05, 4.69) is 48.5 Å². The van der Waals surface area contributed by atoms with Crippen LogP contribution in [0.4, 0.5) is 16.8 Å². The molecule has 5 rings (SSSR count). The van der Waals surface area contributed by atoms with Crippen molar-refractivity contribution < 1.29 is 38.7 Å². The van der Waals surface area contributed by atoms with Crippen LogP contribution in [-0.2, 0) is 32.3 Å². The van der Waals surface area contributed by atoms with Gasteiger partial charge in [0.2, 0.25) is 0 Å². The van der Waals surface area contributed by atoms with Crippen LogP contribution in [0.15, 0.2) is 96.9 Å². The Labute approximate surface area is 426 Å². The van der Waals surface area contributed by atoms with Crippen molar-refractivity contribution in [1.29, 1.82) is 0 Å². The Balaban J connectivity index is 0.00000314. The number of aliphatic hydroxyl groups excluding tert-OH is 1. The van der Waals surface area contributed by atoms with Gasteiger partial charge in [0.05, 0.1) is 24.4 Å². The van der Waals surface area contributed by atoms with E-state index < -0.39 is 5.97 Å². The molecule has 1 fully saturated rings. The number of aryl methyl sites for hydroxylation is 1. The van der Waals surface area contributed by atoms with Gasteiger partial charge >= 0.3 is 11.9 Å². The zero-order valence-electron chi connectivity index (χ0n) is 44.3. The van der Waals surface area contributed by atoms with E-state index in [0.717, 1.165) is 87.0 Å². The molecule has 1 saturated heterocycles. The van der Waals surface area contributed by atoms with Crippen molar-refractivity contribution in [3.8, 4) is 0 Å². The number of aromatic nitrogens is 3. The number of benzene rings is 2. The lowest BCUT2D eigenvalue weighted by atomic mass is 10.1. The molecule has 0 saturated carbocycles. The number of nitrogens with one attached hydrogen (secondary N) is 2. The van der Waals surface area contributed by atoms with Crippen LogP contribution in [0.3, 0.4) is 0 Å². The number of aldehydes is 2. The molecule has 0 aliphatic carbocycles. The van der Waals surface area contributed by atoms with Crippen LogP contribution in [0.25, 0.3) is 0 Å². The molecule has 2 aromatic carbocycles. The minimum atomic E-state index is -0.404. The summed E-state index contributed by atoms with van der Waals surface area (Å²) in [4.78, 5) is 82.6. The Morgan fingerprint density at radius 2 is 1.35 bits per heavy atom. The number of carbonyl (C=O) groups is 5. The summed E-state index contributed by atoms with van der Waals surface area (Å²) in [5.41, 5.74) is 5.35. The summed E-state index contributed by atoms with van der Waals surface area (Å²) < 4.78 is 4.87. The zero-order chi connectivity index (χ0) is 53.9. The molecule has 1 aliphatic heterocycles. The number of aliphatic hydroxyl groups is 1. The zero-order valence-corrected chi connectivity index (χ0v) is 45.2. The maximum Gasteiger partial charge on any atom is 0.356 e. The normalized spacial score (nSPS) is 11.9. The predicted molar refractivity (Wildman–Crippen MR) is 287 cm³/mol. The predicted octanol–water partition coefficient (Wildman–Crippen LogP) is 8.85.